The van der Waals surface area contributed by atoms with Gasteiger partial charge < -0.3 is 10.2 Å². The average molecular weight is 496 g/mol. The van der Waals surface area contributed by atoms with Gasteiger partial charge in [-0.15, -0.1) is 0 Å². The van der Waals surface area contributed by atoms with Crippen molar-refractivity contribution in [2.75, 3.05) is 26.2 Å². The lowest BCUT2D eigenvalue weighted by molar-refractivity contribution is 0.130. The van der Waals surface area contributed by atoms with Crippen LogP contribution in [0.4, 0.5) is 4.79 Å². The van der Waals surface area contributed by atoms with E-state index >= 15 is 0 Å². The maximum Gasteiger partial charge on any atom is 0.317 e. The summed E-state index contributed by atoms with van der Waals surface area (Å²) in [6, 6.07) is 14.6. The average Bonchev–Trinajstić information content (AvgIpc) is 3.29. The molecule has 0 aliphatic carbocycles. The number of piperazine rings is 1. The summed E-state index contributed by atoms with van der Waals surface area (Å²) in [6.45, 7) is 12.0. The minimum absolute atomic E-state index is 0.0138. The molecule has 2 aromatic heterocycles. The largest absolute Gasteiger partial charge is 0.333 e. The first kappa shape index (κ1) is 23.1. The number of nitrogens with zero attached hydrogens (tertiary/aromatic N) is 4. The predicted octanol–water partition coefficient (Wildman–Crippen LogP) is 5.80. The number of rotatable bonds is 3. The number of hydrogen-bond acceptors (Lipinski definition) is 4. The Morgan fingerprint density at radius 3 is 2.47 bits per heavy atom. The smallest absolute Gasteiger partial charge is 0.317 e. The third-order valence-electron chi connectivity index (χ3n) is 6.15. The highest BCUT2D eigenvalue weighted by Gasteiger charge is 2.26. The Morgan fingerprint density at radius 2 is 1.79 bits per heavy atom. The molecular formula is C26H30ClN5OS. The molecule has 0 radical (unpaired) electrons. The van der Waals surface area contributed by atoms with Crippen molar-refractivity contribution in [2.24, 2.45) is 0 Å². The monoisotopic (exact) mass is 495 g/mol. The lowest BCUT2D eigenvalue weighted by atomic mass is 10.1. The van der Waals surface area contributed by atoms with Crippen molar-refractivity contribution in [3.8, 4) is 11.3 Å². The van der Waals surface area contributed by atoms with E-state index in [1.165, 1.54) is 11.3 Å². The minimum atomic E-state index is -0.233. The van der Waals surface area contributed by atoms with Gasteiger partial charge in [-0.3, -0.25) is 9.30 Å². The molecule has 1 aliphatic rings. The molecule has 1 aliphatic heterocycles. The van der Waals surface area contributed by atoms with Crippen LogP contribution < -0.4 is 5.32 Å². The molecule has 1 N–H and O–H groups in total. The number of aryl methyl sites for hydroxylation is 1. The van der Waals surface area contributed by atoms with Gasteiger partial charge in [0.2, 0.25) is 0 Å². The van der Waals surface area contributed by atoms with Crippen LogP contribution in [-0.2, 0) is 6.54 Å². The van der Waals surface area contributed by atoms with Gasteiger partial charge in [0.1, 0.15) is 0 Å². The number of nitrogens with one attached hydrogen (secondary N) is 1. The third-order valence-corrected chi connectivity index (χ3v) is 7.38. The van der Waals surface area contributed by atoms with Gasteiger partial charge in [0.05, 0.1) is 21.6 Å². The fourth-order valence-electron chi connectivity index (χ4n) is 4.41. The fraction of sp³-hybridized carbons (Fsp3) is 0.385. The summed E-state index contributed by atoms with van der Waals surface area (Å²) in [5.41, 5.74) is 5.46. The van der Waals surface area contributed by atoms with E-state index in [9.17, 15) is 4.79 Å². The summed E-state index contributed by atoms with van der Waals surface area (Å²) in [4.78, 5) is 23.0. The second-order valence-electron chi connectivity index (χ2n) is 10.0. The molecule has 0 unspecified atom stereocenters. The third kappa shape index (κ3) is 4.65. The molecule has 2 amide bonds. The first-order valence-electron chi connectivity index (χ1n) is 11.6. The summed E-state index contributed by atoms with van der Waals surface area (Å²) in [5.74, 6) is 0. The molecule has 34 heavy (non-hydrogen) atoms. The lowest BCUT2D eigenvalue weighted by Crippen LogP contribution is -2.54. The normalized spacial score (nSPS) is 15.4. The number of carbonyl (C=O) groups excluding carboxylic acids is 1. The number of urea groups is 1. The lowest BCUT2D eigenvalue weighted by Gasteiger charge is -2.36. The Bertz CT molecular complexity index is 1340. The standard InChI is InChI=1S/C26H30ClN5OS/c1-17-5-7-18(8-6-17)23-21(32-20-10-9-19(27)15-22(20)34-25(32)28-23)16-30-11-13-31(14-12-30)24(33)29-26(2,3)4/h5-10,15H,11-14,16H2,1-4H3,(H,29,33). The molecule has 6 nitrogen and oxygen atoms in total. The Hall–Kier alpha value is -2.61. The van der Waals surface area contributed by atoms with Gasteiger partial charge >= 0.3 is 6.03 Å². The zero-order valence-corrected chi connectivity index (χ0v) is 21.6. The highest BCUT2D eigenvalue weighted by atomic mass is 35.5. The molecule has 1 fully saturated rings. The van der Waals surface area contributed by atoms with E-state index in [2.05, 4.69) is 51.9 Å². The molecule has 1 saturated heterocycles. The summed E-state index contributed by atoms with van der Waals surface area (Å²) in [5, 5.41) is 3.81. The molecule has 3 heterocycles. The van der Waals surface area contributed by atoms with Gasteiger partial charge in [-0.2, -0.15) is 0 Å². The number of amides is 2. The fourth-order valence-corrected chi connectivity index (χ4v) is 5.73. The molecule has 4 aromatic rings. The van der Waals surface area contributed by atoms with Gasteiger partial charge in [0.25, 0.3) is 0 Å². The van der Waals surface area contributed by atoms with Gasteiger partial charge in [-0.1, -0.05) is 52.8 Å². The van der Waals surface area contributed by atoms with E-state index in [-0.39, 0.29) is 11.6 Å². The highest BCUT2D eigenvalue weighted by molar-refractivity contribution is 7.23. The summed E-state index contributed by atoms with van der Waals surface area (Å²) in [7, 11) is 0. The van der Waals surface area contributed by atoms with Crippen molar-refractivity contribution in [1.82, 2.24) is 24.5 Å². The SMILES string of the molecule is Cc1ccc(-c2nc3sc4cc(Cl)ccc4n3c2CN2CCN(C(=O)NC(C)(C)C)CC2)cc1. The number of hydrogen-bond donors (Lipinski definition) is 1. The van der Waals surface area contributed by atoms with Crippen LogP contribution in [0.25, 0.3) is 26.4 Å². The van der Waals surface area contributed by atoms with E-state index in [0.29, 0.717) is 13.1 Å². The van der Waals surface area contributed by atoms with Crippen LogP contribution in [0, 0.1) is 6.92 Å². The molecule has 178 valence electrons. The van der Waals surface area contributed by atoms with Crippen molar-refractivity contribution < 1.29 is 4.79 Å². The van der Waals surface area contributed by atoms with Crippen LogP contribution in [0.5, 0.6) is 0 Å². The Kier molecular flexibility index (Phi) is 6.04. The van der Waals surface area contributed by atoms with E-state index in [1.807, 2.05) is 37.8 Å². The van der Waals surface area contributed by atoms with Crippen LogP contribution in [0.3, 0.4) is 0 Å². The van der Waals surface area contributed by atoms with Crippen molar-refractivity contribution in [1.29, 1.82) is 0 Å². The van der Waals surface area contributed by atoms with E-state index in [4.69, 9.17) is 16.6 Å². The van der Waals surface area contributed by atoms with Gasteiger partial charge in [0, 0.05) is 48.8 Å². The van der Waals surface area contributed by atoms with Crippen LogP contribution in [0.1, 0.15) is 32.0 Å². The Labute approximate surface area is 209 Å². The minimum Gasteiger partial charge on any atom is -0.333 e. The van der Waals surface area contributed by atoms with Gasteiger partial charge in [-0.25, -0.2) is 9.78 Å². The summed E-state index contributed by atoms with van der Waals surface area (Å²) >= 11 is 7.93. The van der Waals surface area contributed by atoms with Crippen molar-refractivity contribution in [3.63, 3.8) is 0 Å². The van der Waals surface area contributed by atoms with Crippen molar-refractivity contribution >= 4 is 44.1 Å². The van der Waals surface area contributed by atoms with E-state index in [0.717, 1.165) is 51.1 Å². The van der Waals surface area contributed by atoms with E-state index in [1.54, 1.807) is 11.3 Å². The van der Waals surface area contributed by atoms with Crippen LogP contribution in [0.2, 0.25) is 5.02 Å². The van der Waals surface area contributed by atoms with Crippen molar-refractivity contribution in [3.05, 3.63) is 58.7 Å². The van der Waals surface area contributed by atoms with Gasteiger partial charge in [0.15, 0.2) is 4.96 Å². The maximum absolute atomic E-state index is 12.6. The predicted molar refractivity (Wildman–Crippen MR) is 141 cm³/mol. The zero-order chi connectivity index (χ0) is 24.0. The summed E-state index contributed by atoms with van der Waals surface area (Å²) in [6.07, 6.45) is 0. The zero-order valence-electron chi connectivity index (χ0n) is 20.1. The molecule has 0 atom stereocenters. The quantitative estimate of drug-likeness (QED) is 0.390. The molecule has 0 saturated carbocycles. The van der Waals surface area contributed by atoms with E-state index < -0.39 is 0 Å². The molecule has 8 heteroatoms. The number of carbonyl (C=O) groups is 1. The van der Waals surface area contributed by atoms with Gasteiger partial charge in [-0.05, 0) is 45.9 Å². The van der Waals surface area contributed by atoms with Crippen LogP contribution >= 0.6 is 22.9 Å². The highest BCUT2D eigenvalue weighted by Crippen LogP contribution is 2.35. The first-order valence-corrected chi connectivity index (χ1v) is 12.8. The Morgan fingerprint density at radius 1 is 1.09 bits per heavy atom. The molecule has 0 spiro atoms. The number of imidazole rings is 1. The maximum atomic E-state index is 12.6. The number of thiazole rings is 1. The first-order chi connectivity index (χ1) is 16.2. The second kappa shape index (κ2) is 8.87. The van der Waals surface area contributed by atoms with Crippen LogP contribution in [-0.4, -0.2) is 56.9 Å². The number of benzene rings is 2. The second-order valence-corrected chi connectivity index (χ2v) is 11.5. The topological polar surface area (TPSA) is 52.9 Å². The number of halogens is 1. The number of aromatic nitrogens is 2. The summed E-state index contributed by atoms with van der Waals surface area (Å²) < 4.78 is 3.42. The Balaban J connectivity index is 1.46. The molecular weight excluding hydrogens is 466 g/mol. The number of fused-ring (bicyclic) bond motifs is 3. The van der Waals surface area contributed by atoms with Crippen LogP contribution in [0.15, 0.2) is 42.5 Å². The molecule has 2 aromatic carbocycles. The molecule has 0 bridgehead atoms. The molecule has 5 rings (SSSR count). The van der Waals surface area contributed by atoms with Crippen molar-refractivity contribution in [2.45, 2.75) is 39.8 Å².